The van der Waals surface area contributed by atoms with Crippen LogP contribution >= 0.6 is 11.6 Å². The van der Waals surface area contributed by atoms with Crippen LogP contribution in [0.25, 0.3) is 0 Å². The minimum Gasteiger partial charge on any atom is -0.326 e. The third-order valence-corrected chi connectivity index (χ3v) is 4.74. The van der Waals surface area contributed by atoms with Crippen molar-refractivity contribution in [2.45, 2.75) is 26.7 Å². The molecule has 6 nitrogen and oxygen atoms in total. The number of rotatable bonds is 5. The molecule has 3 rings (SSSR count). The Balaban J connectivity index is 1.76. The van der Waals surface area contributed by atoms with E-state index in [0.717, 1.165) is 6.42 Å². The Hall–Kier alpha value is -2.86. The number of benzene rings is 2. The van der Waals surface area contributed by atoms with Crippen molar-refractivity contribution >= 4 is 46.4 Å². The van der Waals surface area contributed by atoms with Gasteiger partial charge >= 0.3 is 0 Å². The second kappa shape index (κ2) is 8.44. The summed E-state index contributed by atoms with van der Waals surface area (Å²) in [5.41, 5.74) is 2.15. The van der Waals surface area contributed by atoms with Crippen LogP contribution in [0.1, 0.15) is 37.0 Å². The molecule has 0 aromatic heterocycles. The first-order chi connectivity index (χ1) is 13.3. The van der Waals surface area contributed by atoms with E-state index in [2.05, 4.69) is 10.6 Å². The first-order valence-corrected chi connectivity index (χ1v) is 9.55. The molecule has 1 saturated heterocycles. The zero-order valence-electron chi connectivity index (χ0n) is 15.8. The van der Waals surface area contributed by atoms with Gasteiger partial charge in [-0.3, -0.25) is 14.4 Å². The summed E-state index contributed by atoms with van der Waals surface area (Å²) in [7, 11) is 0. The molecule has 1 fully saturated rings. The molecule has 0 radical (unpaired) electrons. The van der Waals surface area contributed by atoms with Crippen molar-refractivity contribution < 1.29 is 14.4 Å². The quantitative estimate of drug-likeness (QED) is 0.786. The van der Waals surface area contributed by atoms with Crippen molar-refractivity contribution in [3.8, 4) is 0 Å². The molecular weight excluding hydrogens is 378 g/mol. The van der Waals surface area contributed by atoms with Crippen LogP contribution in [0.3, 0.4) is 0 Å². The Kier molecular flexibility index (Phi) is 5.99. The molecule has 3 amide bonds. The Morgan fingerprint density at radius 3 is 2.25 bits per heavy atom. The number of carbonyl (C=O) groups is 3. The molecule has 0 aliphatic carbocycles. The summed E-state index contributed by atoms with van der Waals surface area (Å²) in [6, 6.07) is 11.8. The molecule has 0 unspecified atom stereocenters. The normalized spacial score (nSPS) is 13.7. The molecular formula is C21H22ClN3O3. The molecule has 146 valence electrons. The molecule has 0 spiro atoms. The van der Waals surface area contributed by atoms with Gasteiger partial charge in [-0.05, 0) is 48.9 Å². The summed E-state index contributed by atoms with van der Waals surface area (Å²) < 4.78 is 0. The summed E-state index contributed by atoms with van der Waals surface area (Å²) in [6.45, 7) is 4.21. The molecule has 1 aliphatic rings. The van der Waals surface area contributed by atoms with Crippen LogP contribution in [0, 0.1) is 5.92 Å². The monoisotopic (exact) mass is 399 g/mol. The standard InChI is InChI=1S/C21H22ClN3O3/c1-13(2)20(27)23-15-6-8-16(9-7-15)24-21(28)17-10-5-14(22)12-18(17)25-11-3-4-19(25)26/h5-10,12-13H,3-4,11H2,1-2H3,(H,23,27)(H,24,28). The lowest BCUT2D eigenvalue weighted by molar-refractivity contribution is -0.119. The maximum Gasteiger partial charge on any atom is 0.257 e. The average Bonchev–Trinajstić information content (AvgIpc) is 3.08. The van der Waals surface area contributed by atoms with Crippen molar-refractivity contribution in [3.05, 3.63) is 53.1 Å². The molecule has 0 atom stereocenters. The summed E-state index contributed by atoms with van der Waals surface area (Å²) in [4.78, 5) is 38.3. The average molecular weight is 400 g/mol. The van der Waals surface area contributed by atoms with Gasteiger partial charge in [0, 0.05) is 35.3 Å². The van der Waals surface area contributed by atoms with Crippen LogP contribution < -0.4 is 15.5 Å². The number of hydrogen-bond acceptors (Lipinski definition) is 3. The predicted octanol–water partition coefficient (Wildman–Crippen LogP) is 4.31. The SMILES string of the molecule is CC(C)C(=O)Nc1ccc(NC(=O)c2ccc(Cl)cc2N2CCCC2=O)cc1. The number of nitrogens with zero attached hydrogens (tertiary/aromatic N) is 1. The minimum atomic E-state index is -0.328. The van der Waals surface area contributed by atoms with Gasteiger partial charge in [0.05, 0.1) is 11.3 Å². The van der Waals surface area contributed by atoms with Gasteiger partial charge in [0.15, 0.2) is 0 Å². The van der Waals surface area contributed by atoms with Crippen molar-refractivity contribution in [2.75, 3.05) is 22.1 Å². The van der Waals surface area contributed by atoms with E-state index in [9.17, 15) is 14.4 Å². The highest BCUT2D eigenvalue weighted by atomic mass is 35.5. The maximum absolute atomic E-state index is 12.8. The van der Waals surface area contributed by atoms with Gasteiger partial charge in [-0.1, -0.05) is 25.4 Å². The van der Waals surface area contributed by atoms with Crippen LogP contribution in [-0.2, 0) is 9.59 Å². The largest absolute Gasteiger partial charge is 0.326 e. The molecule has 2 N–H and O–H groups in total. The number of hydrogen-bond donors (Lipinski definition) is 2. The number of anilines is 3. The second-order valence-electron chi connectivity index (χ2n) is 6.99. The first kappa shape index (κ1) is 19.9. The zero-order chi connectivity index (χ0) is 20.3. The fourth-order valence-corrected chi connectivity index (χ4v) is 3.11. The summed E-state index contributed by atoms with van der Waals surface area (Å²) >= 11 is 6.08. The number of halogens is 1. The molecule has 0 bridgehead atoms. The Morgan fingerprint density at radius 2 is 1.68 bits per heavy atom. The van der Waals surface area contributed by atoms with Gasteiger partial charge < -0.3 is 15.5 Å². The van der Waals surface area contributed by atoms with E-state index < -0.39 is 0 Å². The van der Waals surface area contributed by atoms with Gasteiger partial charge in [0.2, 0.25) is 11.8 Å². The van der Waals surface area contributed by atoms with E-state index in [1.807, 2.05) is 13.8 Å². The van der Waals surface area contributed by atoms with Crippen molar-refractivity contribution in [1.29, 1.82) is 0 Å². The molecule has 2 aromatic carbocycles. The van der Waals surface area contributed by atoms with E-state index >= 15 is 0 Å². The van der Waals surface area contributed by atoms with Crippen molar-refractivity contribution in [1.82, 2.24) is 0 Å². The van der Waals surface area contributed by atoms with E-state index in [-0.39, 0.29) is 23.6 Å². The van der Waals surface area contributed by atoms with Crippen LogP contribution in [0.15, 0.2) is 42.5 Å². The smallest absolute Gasteiger partial charge is 0.257 e. The zero-order valence-corrected chi connectivity index (χ0v) is 16.5. The molecule has 1 heterocycles. The Labute approximate surface area is 168 Å². The fraction of sp³-hybridized carbons (Fsp3) is 0.286. The lowest BCUT2D eigenvalue weighted by Gasteiger charge is -2.20. The highest BCUT2D eigenvalue weighted by molar-refractivity contribution is 6.31. The van der Waals surface area contributed by atoms with Crippen LogP contribution in [0.5, 0.6) is 0 Å². The molecule has 1 aliphatic heterocycles. The van der Waals surface area contributed by atoms with Gasteiger partial charge in [0.1, 0.15) is 0 Å². The second-order valence-corrected chi connectivity index (χ2v) is 7.42. The number of nitrogens with one attached hydrogen (secondary N) is 2. The highest BCUT2D eigenvalue weighted by Gasteiger charge is 2.26. The Morgan fingerprint density at radius 1 is 1.04 bits per heavy atom. The fourth-order valence-electron chi connectivity index (χ4n) is 2.94. The highest BCUT2D eigenvalue weighted by Crippen LogP contribution is 2.29. The summed E-state index contributed by atoms with van der Waals surface area (Å²) in [5.74, 6) is -0.527. The van der Waals surface area contributed by atoms with Crippen molar-refractivity contribution in [2.24, 2.45) is 5.92 Å². The summed E-state index contributed by atoms with van der Waals surface area (Å²) in [5, 5.41) is 6.10. The van der Waals surface area contributed by atoms with Gasteiger partial charge in [-0.2, -0.15) is 0 Å². The van der Waals surface area contributed by atoms with Crippen LogP contribution in [0.2, 0.25) is 5.02 Å². The van der Waals surface area contributed by atoms with Crippen LogP contribution in [-0.4, -0.2) is 24.3 Å². The van der Waals surface area contributed by atoms with Gasteiger partial charge in [-0.15, -0.1) is 0 Å². The van der Waals surface area contributed by atoms with Gasteiger partial charge in [-0.25, -0.2) is 0 Å². The topological polar surface area (TPSA) is 78.5 Å². The number of amides is 3. The lowest BCUT2D eigenvalue weighted by Crippen LogP contribution is -2.27. The van der Waals surface area contributed by atoms with E-state index in [1.54, 1.807) is 47.4 Å². The Bertz CT molecular complexity index is 910. The predicted molar refractivity (Wildman–Crippen MR) is 111 cm³/mol. The van der Waals surface area contributed by atoms with E-state index in [4.69, 9.17) is 11.6 Å². The molecule has 28 heavy (non-hydrogen) atoms. The third-order valence-electron chi connectivity index (χ3n) is 4.50. The number of carbonyl (C=O) groups excluding carboxylic acids is 3. The van der Waals surface area contributed by atoms with Gasteiger partial charge in [0.25, 0.3) is 5.91 Å². The first-order valence-electron chi connectivity index (χ1n) is 9.17. The lowest BCUT2D eigenvalue weighted by atomic mass is 10.1. The summed E-state index contributed by atoms with van der Waals surface area (Å²) in [6.07, 6.45) is 1.23. The third kappa shape index (κ3) is 4.51. The van der Waals surface area contributed by atoms with Crippen LogP contribution in [0.4, 0.5) is 17.1 Å². The van der Waals surface area contributed by atoms with E-state index in [1.165, 1.54) is 0 Å². The molecule has 2 aromatic rings. The molecule has 0 saturated carbocycles. The minimum absolute atomic E-state index is 0.0124. The van der Waals surface area contributed by atoms with Crippen molar-refractivity contribution in [3.63, 3.8) is 0 Å². The maximum atomic E-state index is 12.8. The van der Waals surface area contributed by atoms with E-state index in [0.29, 0.717) is 40.6 Å². The molecule has 7 heteroatoms.